The minimum Gasteiger partial charge on any atom is -0.394 e. The van der Waals surface area contributed by atoms with Crippen molar-refractivity contribution < 1.29 is 9.90 Å². The molecule has 0 saturated carbocycles. The first-order valence-electron chi connectivity index (χ1n) is 6.28. The van der Waals surface area contributed by atoms with Gasteiger partial charge < -0.3 is 15.0 Å². The number of carbonyl (C=O) groups is 1. The summed E-state index contributed by atoms with van der Waals surface area (Å²) in [4.78, 5) is 17.3. The second-order valence-corrected chi connectivity index (χ2v) is 4.76. The van der Waals surface area contributed by atoms with Crippen molar-refractivity contribution in [2.75, 3.05) is 13.2 Å². The Hall–Kier alpha value is -1.81. The lowest BCUT2D eigenvalue weighted by molar-refractivity contribution is 0.0678. The second-order valence-electron chi connectivity index (χ2n) is 4.76. The number of likely N-dealkylation sites (tertiary alicyclic amines) is 1. The van der Waals surface area contributed by atoms with Crippen LogP contribution < -0.4 is 0 Å². The van der Waals surface area contributed by atoms with Gasteiger partial charge in [-0.1, -0.05) is 6.07 Å². The molecule has 0 aliphatic carbocycles. The number of hydrogen-bond donors (Lipinski definition) is 2. The van der Waals surface area contributed by atoms with Crippen molar-refractivity contribution in [2.24, 2.45) is 0 Å². The molecule has 0 radical (unpaired) electrons. The van der Waals surface area contributed by atoms with Crippen LogP contribution in [0.2, 0.25) is 0 Å². The van der Waals surface area contributed by atoms with Gasteiger partial charge in [-0.2, -0.15) is 0 Å². The zero-order chi connectivity index (χ0) is 12.5. The summed E-state index contributed by atoms with van der Waals surface area (Å²) in [6, 6.07) is 7.64. The SMILES string of the molecule is O=C(c1ccc2cc[nH]c2c1)N1CCC[C@H]1CO. The molecule has 18 heavy (non-hydrogen) atoms. The summed E-state index contributed by atoms with van der Waals surface area (Å²) in [5.74, 6) is 0.0167. The van der Waals surface area contributed by atoms with Crippen LogP contribution in [-0.4, -0.2) is 40.1 Å². The first kappa shape index (κ1) is 11.3. The number of aliphatic hydroxyl groups is 1. The number of H-pyrrole nitrogens is 1. The van der Waals surface area contributed by atoms with Crippen LogP contribution in [0, 0.1) is 0 Å². The van der Waals surface area contributed by atoms with Crippen molar-refractivity contribution in [3.05, 3.63) is 36.0 Å². The summed E-state index contributed by atoms with van der Waals surface area (Å²) >= 11 is 0. The van der Waals surface area contributed by atoms with Crippen LogP contribution in [-0.2, 0) is 0 Å². The van der Waals surface area contributed by atoms with Gasteiger partial charge in [-0.3, -0.25) is 4.79 Å². The number of carbonyl (C=O) groups excluding carboxylic acids is 1. The highest BCUT2D eigenvalue weighted by atomic mass is 16.3. The Kier molecular flexibility index (Phi) is 2.80. The van der Waals surface area contributed by atoms with Crippen molar-refractivity contribution >= 4 is 16.8 Å². The van der Waals surface area contributed by atoms with Gasteiger partial charge in [0, 0.05) is 23.8 Å². The van der Waals surface area contributed by atoms with E-state index in [9.17, 15) is 9.90 Å². The molecular formula is C14H16N2O2. The molecule has 1 aliphatic rings. The van der Waals surface area contributed by atoms with Crippen molar-refractivity contribution in [3.8, 4) is 0 Å². The smallest absolute Gasteiger partial charge is 0.254 e. The summed E-state index contributed by atoms with van der Waals surface area (Å²) in [5.41, 5.74) is 1.66. The molecular weight excluding hydrogens is 228 g/mol. The van der Waals surface area contributed by atoms with Crippen LogP contribution in [0.15, 0.2) is 30.5 Å². The van der Waals surface area contributed by atoms with Crippen molar-refractivity contribution in [3.63, 3.8) is 0 Å². The summed E-state index contributed by atoms with van der Waals surface area (Å²) in [6.07, 6.45) is 3.74. The highest BCUT2D eigenvalue weighted by Gasteiger charge is 2.28. The van der Waals surface area contributed by atoms with E-state index in [0.717, 1.165) is 30.3 Å². The molecule has 2 aromatic rings. The fraction of sp³-hybridized carbons (Fsp3) is 0.357. The molecule has 0 unspecified atom stereocenters. The lowest BCUT2D eigenvalue weighted by Crippen LogP contribution is -2.37. The number of rotatable bonds is 2. The van der Waals surface area contributed by atoms with E-state index in [1.807, 2.05) is 30.5 Å². The Bertz CT molecular complexity index is 576. The monoisotopic (exact) mass is 244 g/mol. The zero-order valence-electron chi connectivity index (χ0n) is 10.1. The standard InChI is InChI=1S/C14H16N2O2/c17-9-12-2-1-7-16(12)14(18)11-4-3-10-5-6-15-13(10)8-11/h3-6,8,12,15,17H,1-2,7,9H2/t12-/m0/s1. The summed E-state index contributed by atoms with van der Waals surface area (Å²) in [6.45, 7) is 0.795. The van der Waals surface area contributed by atoms with E-state index < -0.39 is 0 Å². The number of aliphatic hydroxyl groups excluding tert-OH is 1. The van der Waals surface area contributed by atoms with Crippen LogP contribution in [0.1, 0.15) is 23.2 Å². The molecule has 1 atom stereocenters. The molecule has 1 saturated heterocycles. The predicted octanol–water partition coefficient (Wildman–Crippen LogP) is 1.76. The Morgan fingerprint density at radius 2 is 2.33 bits per heavy atom. The van der Waals surface area contributed by atoms with Gasteiger partial charge in [0.15, 0.2) is 0 Å². The van der Waals surface area contributed by atoms with Crippen LogP contribution in [0.5, 0.6) is 0 Å². The molecule has 1 aromatic heterocycles. The van der Waals surface area contributed by atoms with Gasteiger partial charge in [0.25, 0.3) is 5.91 Å². The van der Waals surface area contributed by atoms with E-state index >= 15 is 0 Å². The van der Waals surface area contributed by atoms with Gasteiger partial charge in [-0.25, -0.2) is 0 Å². The molecule has 3 rings (SSSR count). The zero-order valence-corrected chi connectivity index (χ0v) is 10.1. The minimum absolute atomic E-state index is 0.0167. The molecule has 1 aromatic carbocycles. The van der Waals surface area contributed by atoms with E-state index in [2.05, 4.69) is 4.98 Å². The third-order valence-electron chi connectivity index (χ3n) is 3.65. The largest absolute Gasteiger partial charge is 0.394 e. The first-order valence-corrected chi connectivity index (χ1v) is 6.28. The van der Waals surface area contributed by atoms with E-state index in [0.29, 0.717) is 5.56 Å². The van der Waals surface area contributed by atoms with Crippen molar-refractivity contribution in [1.82, 2.24) is 9.88 Å². The fourth-order valence-corrected chi connectivity index (χ4v) is 2.64. The minimum atomic E-state index is -0.0168. The van der Waals surface area contributed by atoms with Crippen LogP contribution in [0.4, 0.5) is 0 Å². The summed E-state index contributed by atoms with van der Waals surface area (Å²) in [7, 11) is 0. The molecule has 0 bridgehead atoms. The molecule has 2 N–H and O–H groups in total. The van der Waals surface area contributed by atoms with E-state index in [1.165, 1.54) is 0 Å². The second kappa shape index (κ2) is 4.46. The highest BCUT2D eigenvalue weighted by Crippen LogP contribution is 2.21. The number of nitrogens with one attached hydrogen (secondary N) is 1. The molecule has 1 fully saturated rings. The lowest BCUT2D eigenvalue weighted by atomic mass is 10.1. The Morgan fingerprint density at radius 1 is 1.44 bits per heavy atom. The Morgan fingerprint density at radius 3 is 3.17 bits per heavy atom. The van der Waals surface area contributed by atoms with Crippen LogP contribution >= 0.6 is 0 Å². The van der Waals surface area contributed by atoms with Gasteiger partial charge in [0.05, 0.1) is 12.6 Å². The molecule has 94 valence electrons. The van der Waals surface area contributed by atoms with E-state index in [-0.39, 0.29) is 18.6 Å². The number of fused-ring (bicyclic) bond motifs is 1. The third-order valence-corrected chi connectivity index (χ3v) is 3.65. The number of hydrogen-bond acceptors (Lipinski definition) is 2. The van der Waals surface area contributed by atoms with Gasteiger partial charge in [0.2, 0.25) is 0 Å². The normalized spacial score (nSPS) is 19.6. The van der Waals surface area contributed by atoms with Gasteiger partial charge in [-0.15, -0.1) is 0 Å². The molecule has 0 spiro atoms. The number of aromatic amines is 1. The molecule has 4 nitrogen and oxygen atoms in total. The fourth-order valence-electron chi connectivity index (χ4n) is 2.64. The average molecular weight is 244 g/mol. The quantitative estimate of drug-likeness (QED) is 0.845. The van der Waals surface area contributed by atoms with Gasteiger partial charge in [0.1, 0.15) is 0 Å². The molecule has 2 heterocycles. The topological polar surface area (TPSA) is 56.3 Å². The summed E-state index contributed by atoms with van der Waals surface area (Å²) in [5, 5.41) is 10.4. The molecule has 4 heteroatoms. The van der Waals surface area contributed by atoms with Crippen molar-refractivity contribution in [1.29, 1.82) is 0 Å². The van der Waals surface area contributed by atoms with Crippen LogP contribution in [0.3, 0.4) is 0 Å². The van der Waals surface area contributed by atoms with Gasteiger partial charge in [-0.05, 0) is 36.4 Å². The Balaban J connectivity index is 1.91. The maximum Gasteiger partial charge on any atom is 0.254 e. The number of aromatic nitrogens is 1. The van der Waals surface area contributed by atoms with Crippen LogP contribution in [0.25, 0.3) is 10.9 Å². The lowest BCUT2D eigenvalue weighted by Gasteiger charge is -2.23. The first-order chi connectivity index (χ1) is 8.79. The predicted molar refractivity (Wildman–Crippen MR) is 69.4 cm³/mol. The molecule has 1 amide bonds. The van der Waals surface area contributed by atoms with E-state index in [1.54, 1.807) is 4.90 Å². The van der Waals surface area contributed by atoms with Gasteiger partial charge >= 0.3 is 0 Å². The van der Waals surface area contributed by atoms with Crippen molar-refractivity contribution in [2.45, 2.75) is 18.9 Å². The maximum atomic E-state index is 12.4. The third kappa shape index (κ3) is 1.78. The average Bonchev–Trinajstić information content (AvgIpc) is 3.05. The summed E-state index contributed by atoms with van der Waals surface area (Å²) < 4.78 is 0. The Labute approximate surface area is 105 Å². The number of amides is 1. The highest BCUT2D eigenvalue weighted by molar-refractivity contribution is 5.98. The number of nitrogens with zero attached hydrogens (tertiary/aromatic N) is 1. The maximum absolute atomic E-state index is 12.4. The molecule has 1 aliphatic heterocycles. The van der Waals surface area contributed by atoms with E-state index in [4.69, 9.17) is 0 Å². The number of benzene rings is 1.